The quantitative estimate of drug-likeness (QED) is 0.395. The van der Waals surface area contributed by atoms with Crippen molar-refractivity contribution in [3.8, 4) is 5.75 Å². The molecule has 0 aromatic heterocycles. The van der Waals surface area contributed by atoms with Gasteiger partial charge >= 0.3 is 23.7 Å². The van der Waals surface area contributed by atoms with Gasteiger partial charge in [0.15, 0.2) is 5.75 Å². The van der Waals surface area contributed by atoms with E-state index < -0.39 is 41.1 Å². The summed E-state index contributed by atoms with van der Waals surface area (Å²) in [7, 11) is 0.943. The molecule has 30 heavy (non-hydrogen) atoms. The molecule has 0 saturated carbocycles. The van der Waals surface area contributed by atoms with Crippen LogP contribution in [0.15, 0.2) is 48.5 Å². The molecule has 0 fully saturated rings. The lowest BCUT2D eigenvalue weighted by atomic mass is 10.0. The molecule has 1 amide bonds. The zero-order valence-corrected chi connectivity index (χ0v) is 15.6. The van der Waals surface area contributed by atoms with Crippen LogP contribution in [0.5, 0.6) is 5.75 Å². The fourth-order valence-electron chi connectivity index (χ4n) is 2.50. The molecule has 11 heteroatoms. The molecule has 0 aliphatic rings. The van der Waals surface area contributed by atoms with Gasteiger partial charge in [0, 0.05) is 12.5 Å². The van der Waals surface area contributed by atoms with Gasteiger partial charge in [-0.25, -0.2) is 4.79 Å². The van der Waals surface area contributed by atoms with Crippen molar-refractivity contribution in [2.75, 3.05) is 7.11 Å². The molecule has 0 bridgehead atoms. The van der Waals surface area contributed by atoms with Gasteiger partial charge in [0.2, 0.25) is 0 Å². The fourth-order valence-corrected chi connectivity index (χ4v) is 2.50. The van der Waals surface area contributed by atoms with Crippen LogP contribution in [0.25, 0.3) is 0 Å². The molecule has 160 valence electrons. The molecule has 0 radical (unpaired) electrons. The number of esters is 1. The van der Waals surface area contributed by atoms with Crippen molar-refractivity contribution in [1.29, 1.82) is 0 Å². The first-order chi connectivity index (χ1) is 14.1. The molecule has 0 aliphatic carbocycles. The molecular formula is C19H17F3N2O6. The summed E-state index contributed by atoms with van der Waals surface area (Å²) >= 11 is 0. The van der Waals surface area contributed by atoms with E-state index in [1.807, 2.05) is 0 Å². The number of amides is 1. The number of methoxy groups -OCH3 is 1. The third-order valence-corrected chi connectivity index (χ3v) is 3.95. The minimum absolute atomic E-state index is 0.0541. The van der Waals surface area contributed by atoms with Gasteiger partial charge < -0.3 is 14.8 Å². The van der Waals surface area contributed by atoms with E-state index in [0.29, 0.717) is 0 Å². The second-order valence-electron chi connectivity index (χ2n) is 6.08. The van der Waals surface area contributed by atoms with Crippen LogP contribution in [0.1, 0.15) is 11.1 Å². The number of nitro benzene ring substituents is 1. The smallest absolute Gasteiger partial charge is 0.471 e. The summed E-state index contributed by atoms with van der Waals surface area (Å²) in [5.41, 5.74) is 0.470. The van der Waals surface area contributed by atoms with E-state index in [1.165, 1.54) is 17.4 Å². The molecule has 1 atom stereocenters. The molecule has 0 aliphatic heterocycles. The number of rotatable bonds is 8. The molecule has 1 N–H and O–H groups in total. The molecule has 1 unspecified atom stereocenters. The van der Waals surface area contributed by atoms with Gasteiger partial charge in [-0.15, -0.1) is 0 Å². The first-order valence-corrected chi connectivity index (χ1v) is 8.51. The van der Waals surface area contributed by atoms with Gasteiger partial charge in [-0.1, -0.05) is 36.4 Å². The van der Waals surface area contributed by atoms with Gasteiger partial charge in [0.05, 0.1) is 12.0 Å². The molecule has 8 nitrogen and oxygen atoms in total. The van der Waals surface area contributed by atoms with Crippen molar-refractivity contribution >= 4 is 17.6 Å². The number of nitrogens with one attached hydrogen (secondary N) is 1. The second kappa shape index (κ2) is 9.72. The van der Waals surface area contributed by atoms with Crippen LogP contribution in [0.4, 0.5) is 18.9 Å². The lowest BCUT2D eigenvalue weighted by molar-refractivity contribution is -0.386. The molecule has 2 aromatic carbocycles. The number of halogens is 3. The average molecular weight is 426 g/mol. The van der Waals surface area contributed by atoms with E-state index in [-0.39, 0.29) is 17.9 Å². The van der Waals surface area contributed by atoms with E-state index in [0.717, 1.165) is 18.7 Å². The number of hydrogen-bond acceptors (Lipinski definition) is 6. The van der Waals surface area contributed by atoms with Crippen molar-refractivity contribution < 1.29 is 37.2 Å². The number of alkyl halides is 3. The Balaban J connectivity index is 2.21. The van der Waals surface area contributed by atoms with Crippen LogP contribution in [0, 0.1) is 10.1 Å². The normalized spacial score (nSPS) is 12.0. The highest BCUT2D eigenvalue weighted by atomic mass is 19.4. The monoisotopic (exact) mass is 426 g/mol. The first kappa shape index (κ1) is 22.7. The van der Waals surface area contributed by atoms with Crippen LogP contribution in [0.3, 0.4) is 0 Å². The molecule has 0 spiro atoms. The summed E-state index contributed by atoms with van der Waals surface area (Å²) in [6, 6.07) is 10.9. The maximum Gasteiger partial charge on any atom is 0.471 e. The Morgan fingerprint density at radius 1 is 1.13 bits per heavy atom. The topological polar surface area (TPSA) is 108 Å². The summed E-state index contributed by atoms with van der Waals surface area (Å²) in [6.07, 6.45) is -5.65. The Hall–Kier alpha value is -3.63. The van der Waals surface area contributed by atoms with Gasteiger partial charge in [0.25, 0.3) is 0 Å². The van der Waals surface area contributed by atoms with E-state index in [1.54, 1.807) is 30.3 Å². The molecular weight excluding hydrogens is 409 g/mol. The van der Waals surface area contributed by atoms with Crippen molar-refractivity contribution in [3.63, 3.8) is 0 Å². The molecule has 2 rings (SSSR count). The highest BCUT2D eigenvalue weighted by Gasteiger charge is 2.41. The number of carbonyl (C=O) groups excluding carboxylic acids is 2. The lowest BCUT2D eigenvalue weighted by Crippen LogP contribution is -2.48. The molecule has 0 heterocycles. The van der Waals surface area contributed by atoms with E-state index >= 15 is 0 Å². The van der Waals surface area contributed by atoms with Crippen LogP contribution in [-0.4, -0.2) is 36.1 Å². The summed E-state index contributed by atoms with van der Waals surface area (Å²) < 4.78 is 47.4. The second-order valence-corrected chi connectivity index (χ2v) is 6.08. The Kier molecular flexibility index (Phi) is 7.34. The van der Waals surface area contributed by atoms with E-state index in [9.17, 15) is 32.9 Å². The summed E-state index contributed by atoms with van der Waals surface area (Å²) in [5.74, 6) is -3.50. The van der Waals surface area contributed by atoms with E-state index in [2.05, 4.69) is 4.74 Å². The minimum Gasteiger partial charge on any atom is -0.482 e. The summed E-state index contributed by atoms with van der Waals surface area (Å²) in [6.45, 7) is 0.0629. The Labute approximate surface area is 168 Å². The van der Waals surface area contributed by atoms with Crippen LogP contribution in [-0.2, 0) is 27.4 Å². The lowest BCUT2D eigenvalue weighted by Gasteiger charge is -2.17. The largest absolute Gasteiger partial charge is 0.482 e. The zero-order chi connectivity index (χ0) is 22.3. The molecule has 0 saturated heterocycles. The van der Waals surface area contributed by atoms with E-state index in [4.69, 9.17) is 4.74 Å². The zero-order valence-electron chi connectivity index (χ0n) is 15.6. The van der Waals surface area contributed by atoms with Crippen molar-refractivity contribution in [1.82, 2.24) is 5.32 Å². The summed E-state index contributed by atoms with van der Waals surface area (Å²) in [5, 5.41) is 12.9. The van der Waals surface area contributed by atoms with Crippen molar-refractivity contribution in [2.45, 2.75) is 25.2 Å². The minimum atomic E-state index is -5.20. The third-order valence-electron chi connectivity index (χ3n) is 3.95. The van der Waals surface area contributed by atoms with Crippen molar-refractivity contribution in [3.05, 3.63) is 69.8 Å². The number of benzene rings is 2. The highest BCUT2D eigenvalue weighted by Crippen LogP contribution is 2.29. The van der Waals surface area contributed by atoms with Gasteiger partial charge in [-0.05, 0) is 17.2 Å². The summed E-state index contributed by atoms with van der Waals surface area (Å²) in [4.78, 5) is 33.6. The van der Waals surface area contributed by atoms with Crippen LogP contribution < -0.4 is 10.1 Å². The third kappa shape index (κ3) is 6.19. The Morgan fingerprint density at radius 2 is 1.80 bits per heavy atom. The van der Waals surface area contributed by atoms with Crippen LogP contribution in [0.2, 0.25) is 0 Å². The number of carbonyl (C=O) groups is 2. The number of nitro groups is 1. The maximum atomic E-state index is 12.5. The maximum absolute atomic E-state index is 12.5. The number of hydrogen-bond donors (Lipinski definition) is 1. The van der Waals surface area contributed by atoms with Crippen LogP contribution >= 0.6 is 0 Å². The highest BCUT2D eigenvalue weighted by molar-refractivity contribution is 5.87. The number of ether oxygens (including phenoxy) is 2. The predicted molar refractivity (Wildman–Crippen MR) is 97.6 cm³/mol. The van der Waals surface area contributed by atoms with Crippen molar-refractivity contribution in [2.24, 2.45) is 0 Å². The fraction of sp³-hybridized carbons (Fsp3) is 0.263. The Morgan fingerprint density at radius 3 is 2.37 bits per heavy atom. The van der Waals surface area contributed by atoms with Gasteiger partial charge in [0.1, 0.15) is 12.6 Å². The molecule has 2 aromatic rings. The first-order valence-electron chi connectivity index (χ1n) is 8.51. The number of nitrogens with zero attached hydrogens (tertiary/aromatic N) is 1. The standard InChI is InChI=1S/C19H17F3N2O6/c1-29-17(25)14(23-18(26)19(20,21)22)9-13-7-8-16(15(10-13)24(27)28)30-11-12-5-3-2-4-6-12/h2-8,10,14H,9,11H2,1H3,(H,23,26). The Bertz CT molecular complexity index is 918. The SMILES string of the molecule is COC(=O)C(Cc1ccc(OCc2ccccc2)c([N+](=O)[O-])c1)NC(=O)C(F)(F)F. The van der Waals surface area contributed by atoms with Gasteiger partial charge in [-0.3, -0.25) is 14.9 Å². The average Bonchev–Trinajstić information content (AvgIpc) is 2.71. The predicted octanol–water partition coefficient (Wildman–Crippen LogP) is 2.94. The van der Waals surface area contributed by atoms with Gasteiger partial charge in [-0.2, -0.15) is 13.2 Å².